The third-order valence-electron chi connectivity index (χ3n) is 0.372. The molecule has 0 saturated carbocycles. The van der Waals surface area contributed by atoms with Gasteiger partial charge >= 0.3 is 29.6 Å². The first-order valence-electron chi connectivity index (χ1n) is 1.61. The van der Waals surface area contributed by atoms with Gasteiger partial charge < -0.3 is 15.6 Å². The first-order valence-corrected chi connectivity index (χ1v) is 1.61. The van der Waals surface area contributed by atoms with Gasteiger partial charge in [0, 0.05) is 6.04 Å². The second kappa shape index (κ2) is 4.59. The van der Waals surface area contributed by atoms with Crippen molar-refractivity contribution in [2.45, 2.75) is 13.0 Å². The van der Waals surface area contributed by atoms with E-state index >= 15 is 0 Å². The minimum Gasteiger partial charge on any atom is -0.548 e. The predicted octanol–water partition coefficient (Wildman–Crippen LogP) is -4.91. The molecule has 0 heterocycles. The molecule has 0 spiro atoms. The Morgan fingerprint density at radius 3 is 2.00 bits per heavy atom. The number of carbonyl (C=O) groups is 1. The van der Waals surface area contributed by atoms with Gasteiger partial charge in [0.1, 0.15) is 0 Å². The fraction of sp³-hybridized carbons (Fsp3) is 0.667. The second-order valence-corrected chi connectivity index (χ2v) is 1.11. The zero-order valence-electron chi connectivity index (χ0n) is 4.47. The van der Waals surface area contributed by atoms with Crippen LogP contribution in [0, 0.1) is 0 Å². The molecule has 0 rings (SSSR count). The van der Waals surface area contributed by atoms with Crippen molar-refractivity contribution in [2.24, 2.45) is 5.73 Å². The van der Waals surface area contributed by atoms with Crippen LogP contribution in [-0.4, -0.2) is 12.0 Å². The molecule has 0 aromatic carbocycles. The Kier molecular flexibility index (Phi) is 6.82. The minimum atomic E-state index is -1.21. The molecule has 1 atom stereocenters. The standard InChI is InChI=1S/C3H7NO2.Na/c1-2(4)3(5)6;/h2H,4H2,1H3,(H,5,6);/q;+1/p-1/t2-;/m0./s1. The Balaban J connectivity index is 0. The van der Waals surface area contributed by atoms with Gasteiger partial charge in [-0.3, -0.25) is 0 Å². The van der Waals surface area contributed by atoms with E-state index in [0.29, 0.717) is 0 Å². The van der Waals surface area contributed by atoms with Crippen molar-refractivity contribution in [2.75, 3.05) is 0 Å². The molecule has 0 fully saturated rings. The van der Waals surface area contributed by atoms with Gasteiger partial charge in [0.15, 0.2) is 0 Å². The van der Waals surface area contributed by atoms with Crippen LogP contribution in [0.1, 0.15) is 6.92 Å². The van der Waals surface area contributed by atoms with E-state index in [9.17, 15) is 9.90 Å². The fourth-order valence-electron chi connectivity index (χ4n) is 0. The van der Waals surface area contributed by atoms with Gasteiger partial charge in [0.05, 0.1) is 5.97 Å². The molecule has 36 valence electrons. The topological polar surface area (TPSA) is 66.2 Å². The van der Waals surface area contributed by atoms with Crippen molar-refractivity contribution >= 4 is 5.97 Å². The molecule has 0 aliphatic heterocycles. The summed E-state index contributed by atoms with van der Waals surface area (Å²) in [5, 5.41) is 9.46. The number of aliphatic carboxylic acids is 1. The second-order valence-electron chi connectivity index (χ2n) is 1.11. The van der Waals surface area contributed by atoms with Crippen LogP contribution in [-0.2, 0) is 4.79 Å². The van der Waals surface area contributed by atoms with Gasteiger partial charge in [-0.15, -0.1) is 0 Å². The van der Waals surface area contributed by atoms with Gasteiger partial charge in [0.25, 0.3) is 0 Å². The van der Waals surface area contributed by atoms with E-state index < -0.39 is 12.0 Å². The number of carbonyl (C=O) groups excluding carboxylic acids is 1. The number of carboxylic acids is 1. The van der Waals surface area contributed by atoms with Gasteiger partial charge in [-0.25, -0.2) is 0 Å². The van der Waals surface area contributed by atoms with Crippen molar-refractivity contribution in [3.8, 4) is 0 Å². The summed E-state index contributed by atoms with van der Waals surface area (Å²) >= 11 is 0. The number of rotatable bonds is 1. The molecule has 0 amide bonds. The summed E-state index contributed by atoms with van der Waals surface area (Å²) in [4.78, 5) is 9.46. The fourth-order valence-corrected chi connectivity index (χ4v) is 0. The van der Waals surface area contributed by atoms with Gasteiger partial charge in [-0.05, 0) is 6.92 Å². The van der Waals surface area contributed by atoms with Gasteiger partial charge in [0.2, 0.25) is 0 Å². The number of nitrogens with two attached hydrogens (primary N) is 1. The maximum absolute atomic E-state index is 9.46. The van der Waals surface area contributed by atoms with Crippen LogP contribution in [0.5, 0.6) is 0 Å². The molecule has 0 aliphatic carbocycles. The molecule has 0 radical (unpaired) electrons. The van der Waals surface area contributed by atoms with E-state index in [1.54, 1.807) is 0 Å². The average Bonchev–Trinajstić information content (AvgIpc) is 1.36. The van der Waals surface area contributed by atoms with Crippen LogP contribution in [0.25, 0.3) is 0 Å². The van der Waals surface area contributed by atoms with Crippen LogP contribution < -0.4 is 40.4 Å². The monoisotopic (exact) mass is 111 g/mol. The van der Waals surface area contributed by atoms with Crippen LogP contribution in [0.3, 0.4) is 0 Å². The first kappa shape index (κ1) is 10.4. The summed E-state index contributed by atoms with van der Waals surface area (Å²) < 4.78 is 0. The SMILES string of the molecule is C[C@H](N)C(=O)[O-].[Na+]. The zero-order valence-corrected chi connectivity index (χ0v) is 6.47. The maximum atomic E-state index is 9.46. The molecule has 4 heteroatoms. The van der Waals surface area contributed by atoms with Gasteiger partial charge in [-0.2, -0.15) is 0 Å². The van der Waals surface area contributed by atoms with E-state index in [-0.39, 0.29) is 29.6 Å². The third kappa shape index (κ3) is 6.43. The molecule has 0 unspecified atom stereocenters. The van der Waals surface area contributed by atoms with Crippen LogP contribution in [0.15, 0.2) is 0 Å². The molecule has 0 aliphatic rings. The summed E-state index contributed by atoms with van der Waals surface area (Å²) in [6.45, 7) is 1.36. The smallest absolute Gasteiger partial charge is 0.548 e. The molecule has 0 bridgehead atoms. The molecule has 3 nitrogen and oxygen atoms in total. The minimum absolute atomic E-state index is 0. The van der Waals surface area contributed by atoms with E-state index in [1.165, 1.54) is 6.92 Å². The Morgan fingerprint density at radius 1 is 1.86 bits per heavy atom. The molecule has 0 saturated heterocycles. The molecule has 7 heavy (non-hydrogen) atoms. The van der Waals surface area contributed by atoms with Crippen LogP contribution in [0.4, 0.5) is 0 Å². The largest absolute Gasteiger partial charge is 1.00 e. The molecular formula is C3H6NNaO2. The van der Waals surface area contributed by atoms with E-state index in [0.717, 1.165) is 0 Å². The van der Waals surface area contributed by atoms with Crippen LogP contribution in [0.2, 0.25) is 0 Å². The van der Waals surface area contributed by atoms with Crippen molar-refractivity contribution in [1.82, 2.24) is 0 Å². The molecule has 0 aromatic rings. The third-order valence-corrected chi connectivity index (χ3v) is 0.372. The summed E-state index contributed by atoms with van der Waals surface area (Å²) in [6.07, 6.45) is 0. The number of carboxylic acid groups (broad SMARTS) is 1. The normalized spacial score (nSPS) is 11.7. The van der Waals surface area contributed by atoms with Crippen molar-refractivity contribution < 1.29 is 39.5 Å². The Hall–Kier alpha value is 0.430. The summed E-state index contributed by atoms with van der Waals surface area (Å²) in [6, 6.07) is -0.843. The summed E-state index contributed by atoms with van der Waals surface area (Å²) in [5.41, 5.74) is 4.77. The predicted molar refractivity (Wildman–Crippen MR) is 18.7 cm³/mol. The Morgan fingerprint density at radius 2 is 2.00 bits per heavy atom. The molecule has 0 aromatic heterocycles. The van der Waals surface area contributed by atoms with Crippen molar-refractivity contribution in [3.63, 3.8) is 0 Å². The first-order chi connectivity index (χ1) is 2.64. The van der Waals surface area contributed by atoms with Gasteiger partial charge in [-0.1, -0.05) is 0 Å². The van der Waals surface area contributed by atoms with E-state index in [1.807, 2.05) is 0 Å². The van der Waals surface area contributed by atoms with Crippen molar-refractivity contribution in [1.29, 1.82) is 0 Å². The van der Waals surface area contributed by atoms with Crippen LogP contribution >= 0.6 is 0 Å². The average molecular weight is 111 g/mol. The quantitative estimate of drug-likeness (QED) is 0.345. The number of hydrogen-bond acceptors (Lipinski definition) is 3. The zero-order chi connectivity index (χ0) is 5.15. The van der Waals surface area contributed by atoms with E-state index in [4.69, 9.17) is 5.73 Å². The maximum Gasteiger partial charge on any atom is 1.00 e. The summed E-state index contributed by atoms with van der Waals surface area (Å²) in [5.74, 6) is -1.21. The van der Waals surface area contributed by atoms with E-state index in [2.05, 4.69) is 0 Å². The van der Waals surface area contributed by atoms with Crippen molar-refractivity contribution in [3.05, 3.63) is 0 Å². The Labute approximate surface area is 64.2 Å². The molecule has 2 N–H and O–H groups in total. The number of hydrogen-bond donors (Lipinski definition) is 1. The summed E-state index contributed by atoms with van der Waals surface area (Å²) in [7, 11) is 0. The Bertz CT molecular complexity index is 64.0. The molecular weight excluding hydrogens is 105 g/mol.